The van der Waals surface area contributed by atoms with Gasteiger partial charge in [0.1, 0.15) is 5.60 Å². The topological polar surface area (TPSA) is 59.4 Å². The lowest BCUT2D eigenvalue weighted by Crippen LogP contribution is -2.53. The normalized spacial score (nSPS) is 37.9. The van der Waals surface area contributed by atoms with Crippen LogP contribution in [0.4, 0.5) is 0 Å². The van der Waals surface area contributed by atoms with Crippen LogP contribution in [0.2, 0.25) is 0 Å². The van der Waals surface area contributed by atoms with Crippen molar-refractivity contribution in [3.63, 3.8) is 0 Å². The van der Waals surface area contributed by atoms with Gasteiger partial charge >= 0.3 is 5.97 Å². The Kier molecular flexibility index (Phi) is 2.56. The van der Waals surface area contributed by atoms with Crippen LogP contribution in [0.15, 0.2) is 18.3 Å². The Hall–Kier alpha value is -1.58. The van der Waals surface area contributed by atoms with Crippen LogP contribution in [0.5, 0.6) is 5.88 Å². The third-order valence-electron chi connectivity index (χ3n) is 5.28. The molecule has 1 aromatic heterocycles. The van der Waals surface area contributed by atoms with Crippen molar-refractivity contribution in [1.82, 2.24) is 4.98 Å². The zero-order valence-electron chi connectivity index (χ0n) is 11.4. The molecule has 0 saturated heterocycles. The van der Waals surface area contributed by atoms with Crippen molar-refractivity contribution in [3.8, 4) is 5.88 Å². The molecule has 5 rings (SSSR count). The fraction of sp³-hybridized carbons (Fsp3) is 0.625. The summed E-state index contributed by atoms with van der Waals surface area (Å²) in [5.74, 6) is 1.98. The molecule has 106 valence electrons. The van der Waals surface area contributed by atoms with Gasteiger partial charge in [-0.1, -0.05) is 0 Å². The number of carboxylic acids is 1. The fourth-order valence-corrected chi connectivity index (χ4v) is 4.98. The van der Waals surface area contributed by atoms with Gasteiger partial charge in [0.05, 0.1) is 5.56 Å². The van der Waals surface area contributed by atoms with E-state index in [1.807, 2.05) is 0 Å². The van der Waals surface area contributed by atoms with Gasteiger partial charge in [-0.2, -0.15) is 0 Å². The van der Waals surface area contributed by atoms with E-state index < -0.39 is 5.97 Å². The maximum atomic E-state index is 11.0. The lowest BCUT2D eigenvalue weighted by Gasteiger charge is -2.55. The van der Waals surface area contributed by atoms with Gasteiger partial charge in [-0.05, 0) is 62.3 Å². The number of hydrogen-bond acceptors (Lipinski definition) is 3. The van der Waals surface area contributed by atoms with Gasteiger partial charge in [-0.3, -0.25) is 0 Å². The van der Waals surface area contributed by atoms with E-state index >= 15 is 0 Å². The second-order valence-electron chi connectivity index (χ2n) is 6.89. The average Bonchev–Trinajstić information content (AvgIpc) is 2.36. The van der Waals surface area contributed by atoms with Crippen molar-refractivity contribution in [3.05, 3.63) is 23.9 Å². The second kappa shape index (κ2) is 4.21. The lowest BCUT2D eigenvalue weighted by molar-refractivity contribution is -0.109. The van der Waals surface area contributed by atoms with Crippen LogP contribution in [0.3, 0.4) is 0 Å². The van der Waals surface area contributed by atoms with Gasteiger partial charge < -0.3 is 9.84 Å². The van der Waals surface area contributed by atoms with Gasteiger partial charge in [0.15, 0.2) is 0 Å². The molecule has 0 unspecified atom stereocenters. The third kappa shape index (κ3) is 1.98. The number of nitrogens with zero attached hydrogens (tertiary/aromatic N) is 1. The molecular weight excluding hydrogens is 254 g/mol. The molecule has 0 atom stereocenters. The SMILES string of the molecule is O=C(O)c1ccnc(OC23CC4CC(CC(C4)C2)C3)c1. The first-order valence-electron chi connectivity index (χ1n) is 7.50. The van der Waals surface area contributed by atoms with Crippen molar-refractivity contribution in [2.45, 2.75) is 44.1 Å². The van der Waals surface area contributed by atoms with Crippen LogP contribution in [0.1, 0.15) is 48.9 Å². The molecule has 0 spiro atoms. The number of rotatable bonds is 3. The van der Waals surface area contributed by atoms with E-state index in [1.54, 1.807) is 6.07 Å². The standard InChI is InChI=1S/C16H19NO3/c18-15(19)13-1-2-17-14(6-13)20-16-7-10-3-11(8-16)5-12(4-10)9-16/h1-2,6,10-12H,3-5,7-9H2,(H,18,19). The Morgan fingerprint density at radius 3 is 2.35 bits per heavy atom. The Labute approximate surface area is 118 Å². The molecule has 0 aliphatic heterocycles. The van der Waals surface area contributed by atoms with E-state index in [-0.39, 0.29) is 11.2 Å². The predicted octanol–water partition coefficient (Wildman–Crippen LogP) is 3.13. The van der Waals surface area contributed by atoms with E-state index in [4.69, 9.17) is 9.84 Å². The van der Waals surface area contributed by atoms with Crippen LogP contribution in [0.25, 0.3) is 0 Å². The highest BCUT2D eigenvalue weighted by Gasteiger charge is 2.52. The smallest absolute Gasteiger partial charge is 0.335 e. The Bertz CT molecular complexity index is 519. The molecule has 1 aromatic rings. The second-order valence-corrected chi connectivity index (χ2v) is 6.89. The summed E-state index contributed by atoms with van der Waals surface area (Å²) in [6.07, 6.45) is 8.99. The number of carbonyl (C=O) groups is 1. The van der Waals surface area contributed by atoms with Crippen molar-refractivity contribution >= 4 is 5.97 Å². The first kappa shape index (κ1) is 12.2. The maximum absolute atomic E-state index is 11.0. The van der Waals surface area contributed by atoms with Crippen LogP contribution < -0.4 is 4.74 Å². The number of hydrogen-bond donors (Lipinski definition) is 1. The first-order valence-corrected chi connectivity index (χ1v) is 7.50. The van der Waals surface area contributed by atoms with E-state index in [1.165, 1.54) is 31.5 Å². The highest BCUT2D eigenvalue weighted by molar-refractivity contribution is 5.87. The highest BCUT2D eigenvalue weighted by atomic mass is 16.5. The molecule has 0 aromatic carbocycles. The van der Waals surface area contributed by atoms with E-state index in [2.05, 4.69) is 4.98 Å². The minimum Gasteiger partial charge on any atom is -0.478 e. The summed E-state index contributed by atoms with van der Waals surface area (Å²) < 4.78 is 6.23. The molecule has 4 saturated carbocycles. The largest absolute Gasteiger partial charge is 0.478 e. The van der Waals surface area contributed by atoms with Crippen molar-refractivity contribution in [2.75, 3.05) is 0 Å². The van der Waals surface area contributed by atoms with Gasteiger partial charge in [-0.25, -0.2) is 9.78 Å². The first-order chi connectivity index (χ1) is 9.62. The molecule has 1 N–H and O–H groups in total. The minimum absolute atomic E-state index is 0.0706. The molecule has 1 heterocycles. The van der Waals surface area contributed by atoms with E-state index in [0.29, 0.717) is 5.88 Å². The van der Waals surface area contributed by atoms with Gasteiger partial charge in [-0.15, -0.1) is 0 Å². The highest BCUT2D eigenvalue weighted by Crippen LogP contribution is 2.56. The Balaban J connectivity index is 1.59. The van der Waals surface area contributed by atoms with Crippen molar-refractivity contribution in [2.24, 2.45) is 17.8 Å². The van der Waals surface area contributed by atoms with Gasteiger partial charge in [0.2, 0.25) is 5.88 Å². The summed E-state index contributed by atoms with van der Waals surface area (Å²) in [6, 6.07) is 3.07. The maximum Gasteiger partial charge on any atom is 0.335 e. The lowest BCUT2D eigenvalue weighted by atomic mass is 9.54. The number of ether oxygens (including phenoxy) is 1. The summed E-state index contributed by atoms with van der Waals surface area (Å²) in [6.45, 7) is 0. The zero-order valence-corrected chi connectivity index (χ0v) is 11.4. The average molecular weight is 273 g/mol. The van der Waals surface area contributed by atoms with Crippen LogP contribution >= 0.6 is 0 Å². The summed E-state index contributed by atoms with van der Waals surface area (Å²) >= 11 is 0. The van der Waals surface area contributed by atoms with Crippen molar-refractivity contribution in [1.29, 1.82) is 0 Å². The Morgan fingerprint density at radius 2 is 1.80 bits per heavy atom. The Morgan fingerprint density at radius 1 is 1.20 bits per heavy atom. The molecule has 4 aliphatic rings. The molecule has 4 nitrogen and oxygen atoms in total. The fourth-order valence-electron chi connectivity index (χ4n) is 4.98. The van der Waals surface area contributed by atoms with Crippen molar-refractivity contribution < 1.29 is 14.6 Å². The molecule has 4 bridgehead atoms. The molecule has 20 heavy (non-hydrogen) atoms. The molecule has 0 amide bonds. The van der Waals surface area contributed by atoms with Crippen LogP contribution in [0, 0.1) is 17.8 Å². The van der Waals surface area contributed by atoms with Crippen LogP contribution in [-0.4, -0.2) is 21.7 Å². The number of aromatic nitrogens is 1. The summed E-state index contributed by atoms with van der Waals surface area (Å²) in [5.41, 5.74) is 0.179. The monoisotopic (exact) mass is 273 g/mol. The minimum atomic E-state index is -0.928. The summed E-state index contributed by atoms with van der Waals surface area (Å²) in [4.78, 5) is 15.2. The molecular formula is C16H19NO3. The molecule has 0 radical (unpaired) electrons. The summed E-state index contributed by atoms with van der Waals surface area (Å²) in [5, 5.41) is 9.06. The third-order valence-corrected chi connectivity index (χ3v) is 5.28. The molecule has 4 aliphatic carbocycles. The van der Waals surface area contributed by atoms with E-state index in [9.17, 15) is 4.79 Å². The molecule has 4 heteroatoms. The van der Waals surface area contributed by atoms with Crippen LogP contribution in [-0.2, 0) is 0 Å². The predicted molar refractivity (Wildman–Crippen MR) is 72.7 cm³/mol. The van der Waals surface area contributed by atoms with E-state index in [0.717, 1.165) is 37.0 Å². The number of carboxylic acid groups (broad SMARTS) is 1. The quantitative estimate of drug-likeness (QED) is 0.919. The summed E-state index contributed by atoms with van der Waals surface area (Å²) in [7, 11) is 0. The van der Waals surface area contributed by atoms with Gasteiger partial charge in [0, 0.05) is 12.3 Å². The number of pyridine rings is 1. The molecule has 4 fully saturated rings. The van der Waals surface area contributed by atoms with Gasteiger partial charge in [0.25, 0.3) is 0 Å². The zero-order chi connectivity index (χ0) is 13.7. The number of aromatic carboxylic acids is 1.